The van der Waals surface area contributed by atoms with Crippen LogP contribution in [0, 0.1) is 0 Å². The van der Waals surface area contributed by atoms with E-state index in [1.807, 2.05) is 40.0 Å². The molecule has 0 bridgehead atoms. The van der Waals surface area contributed by atoms with Gasteiger partial charge in [-0.15, -0.1) is 0 Å². The number of para-hydroxylation sites is 1. The van der Waals surface area contributed by atoms with E-state index in [1.165, 1.54) is 21.9 Å². The highest BCUT2D eigenvalue weighted by Gasteiger charge is 2.10. The van der Waals surface area contributed by atoms with Gasteiger partial charge in [-0.05, 0) is 34.9 Å². The van der Waals surface area contributed by atoms with Crippen molar-refractivity contribution in [1.82, 2.24) is 9.97 Å². The second-order valence-corrected chi connectivity index (χ2v) is 5.16. The monoisotopic (exact) mass is 333 g/mol. The second kappa shape index (κ2) is 9.00. The van der Waals surface area contributed by atoms with Crippen molar-refractivity contribution in [2.24, 2.45) is 5.73 Å². The molecule has 0 spiro atoms. The molecular weight excluding hydrogens is 306 g/mol. The molecule has 130 valence electrons. The lowest BCUT2D eigenvalue weighted by Gasteiger charge is -2.06. The lowest BCUT2D eigenvalue weighted by Crippen LogP contribution is -1.95. The number of H-pyrrole nitrogens is 1. The average molecular weight is 333 g/mol. The predicted octanol–water partition coefficient (Wildman–Crippen LogP) is 5.89. The Labute approximate surface area is 149 Å². The average Bonchev–Trinajstić information content (AvgIpc) is 3.10. The molecule has 0 unspecified atom stereocenters. The Hall–Kier alpha value is -2.65. The van der Waals surface area contributed by atoms with E-state index in [0.29, 0.717) is 6.54 Å². The van der Waals surface area contributed by atoms with Crippen LogP contribution in [0.1, 0.15) is 33.3 Å². The Morgan fingerprint density at radius 1 is 0.920 bits per heavy atom. The van der Waals surface area contributed by atoms with Crippen molar-refractivity contribution in [1.29, 1.82) is 0 Å². The minimum Gasteiger partial charge on any atom is -0.339 e. The van der Waals surface area contributed by atoms with Crippen molar-refractivity contribution >= 4 is 21.9 Å². The quantitative estimate of drug-likeness (QED) is 0.480. The van der Waals surface area contributed by atoms with Crippen LogP contribution in [-0.2, 0) is 6.54 Å². The molecular formula is C22H27N3. The first kappa shape index (κ1) is 18.7. The van der Waals surface area contributed by atoms with Crippen molar-refractivity contribution in [3.63, 3.8) is 0 Å². The summed E-state index contributed by atoms with van der Waals surface area (Å²) >= 11 is 0. The van der Waals surface area contributed by atoms with Crippen molar-refractivity contribution in [3.8, 4) is 11.1 Å². The van der Waals surface area contributed by atoms with Crippen LogP contribution in [0.4, 0.5) is 0 Å². The smallest absolute Gasteiger partial charge is 0.138 e. The molecule has 0 aliphatic rings. The summed E-state index contributed by atoms with van der Waals surface area (Å²) in [6.45, 7) is 8.55. The third-order valence-corrected chi connectivity index (χ3v) is 3.87. The molecule has 2 heterocycles. The van der Waals surface area contributed by atoms with Gasteiger partial charge in [0.05, 0.1) is 0 Å². The summed E-state index contributed by atoms with van der Waals surface area (Å²) in [6, 6.07) is 18.7. The Morgan fingerprint density at radius 2 is 1.68 bits per heavy atom. The fourth-order valence-corrected chi connectivity index (χ4v) is 2.87. The van der Waals surface area contributed by atoms with Crippen molar-refractivity contribution < 1.29 is 0 Å². The van der Waals surface area contributed by atoms with E-state index < -0.39 is 0 Å². The fraction of sp³-hybridized carbons (Fsp3) is 0.227. The molecule has 2 aromatic heterocycles. The van der Waals surface area contributed by atoms with E-state index in [1.54, 1.807) is 0 Å². The number of fused-ring (bicyclic) bond motifs is 3. The lowest BCUT2D eigenvalue weighted by molar-refractivity contribution is 1.07. The Morgan fingerprint density at radius 3 is 2.44 bits per heavy atom. The molecule has 0 aliphatic carbocycles. The van der Waals surface area contributed by atoms with Crippen LogP contribution in [0.5, 0.6) is 0 Å². The fourth-order valence-electron chi connectivity index (χ4n) is 2.87. The molecule has 0 saturated heterocycles. The number of benzene rings is 2. The maximum atomic E-state index is 5.76. The van der Waals surface area contributed by atoms with Gasteiger partial charge in [-0.3, -0.25) is 0 Å². The van der Waals surface area contributed by atoms with Crippen LogP contribution in [-0.4, -0.2) is 9.97 Å². The lowest BCUT2D eigenvalue weighted by atomic mass is 10.00. The van der Waals surface area contributed by atoms with Crippen LogP contribution < -0.4 is 5.73 Å². The Balaban J connectivity index is 0.000000528. The molecule has 0 aliphatic heterocycles. The molecule has 0 atom stereocenters. The molecule has 0 radical (unpaired) electrons. The minimum atomic E-state index is 0.552. The van der Waals surface area contributed by atoms with Crippen LogP contribution in [0.15, 0.2) is 60.8 Å². The largest absolute Gasteiger partial charge is 0.339 e. The van der Waals surface area contributed by atoms with Gasteiger partial charge in [0.2, 0.25) is 0 Å². The van der Waals surface area contributed by atoms with Crippen molar-refractivity contribution in [3.05, 3.63) is 66.4 Å². The van der Waals surface area contributed by atoms with Crippen LogP contribution >= 0.6 is 0 Å². The molecule has 0 fully saturated rings. The standard InChI is InChI=1S/C18H15N3.2C2H6/c19-11-12-4-3-5-13(10-12)14-8-9-20-18-17(14)15-6-1-2-7-16(15)21-18;2*1-2/h1-10H,11,19H2,(H,20,21);2*1-2H3. The number of nitrogens with zero attached hydrogens (tertiary/aromatic N) is 1. The molecule has 3 heteroatoms. The summed E-state index contributed by atoms with van der Waals surface area (Å²) in [4.78, 5) is 7.85. The van der Waals surface area contributed by atoms with Gasteiger partial charge >= 0.3 is 0 Å². The van der Waals surface area contributed by atoms with E-state index in [0.717, 1.165) is 16.7 Å². The van der Waals surface area contributed by atoms with E-state index in [9.17, 15) is 0 Å². The number of hydrogen-bond acceptors (Lipinski definition) is 2. The first-order valence-electron chi connectivity index (χ1n) is 9.01. The normalized spacial score (nSPS) is 9.96. The Kier molecular flexibility index (Phi) is 6.72. The number of aromatic nitrogens is 2. The summed E-state index contributed by atoms with van der Waals surface area (Å²) in [5.74, 6) is 0. The van der Waals surface area contributed by atoms with Gasteiger partial charge in [0.25, 0.3) is 0 Å². The second-order valence-electron chi connectivity index (χ2n) is 5.16. The highest BCUT2D eigenvalue weighted by Crippen LogP contribution is 2.33. The van der Waals surface area contributed by atoms with E-state index in [2.05, 4.69) is 58.5 Å². The molecule has 0 saturated carbocycles. The van der Waals surface area contributed by atoms with Crippen LogP contribution in [0.3, 0.4) is 0 Å². The van der Waals surface area contributed by atoms with E-state index in [4.69, 9.17) is 5.73 Å². The van der Waals surface area contributed by atoms with Crippen LogP contribution in [0.25, 0.3) is 33.1 Å². The number of nitrogens with two attached hydrogens (primary N) is 1. The SMILES string of the molecule is CC.CC.NCc1cccc(-c2ccnc3[nH]c4ccccc4c23)c1. The predicted molar refractivity (Wildman–Crippen MR) is 110 cm³/mol. The van der Waals surface area contributed by atoms with Crippen LogP contribution in [0.2, 0.25) is 0 Å². The third-order valence-electron chi connectivity index (χ3n) is 3.87. The topological polar surface area (TPSA) is 54.7 Å². The highest BCUT2D eigenvalue weighted by atomic mass is 14.8. The van der Waals surface area contributed by atoms with Gasteiger partial charge in [-0.1, -0.05) is 64.1 Å². The first-order valence-corrected chi connectivity index (χ1v) is 9.01. The Bertz CT molecular complexity index is 938. The molecule has 2 aromatic carbocycles. The minimum absolute atomic E-state index is 0.552. The summed E-state index contributed by atoms with van der Waals surface area (Å²) in [5, 5.41) is 2.37. The summed E-state index contributed by atoms with van der Waals surface area (Å²) < 4.78 is 0. The number of pyridine rings is 1. The summed E-state index contributed by atoms with van der Waals surface area (Å²) in [7, 11) is 0. The molecule has 3 nitrogen and oxygen atoms in total. The van der Waals surface area contributed by atoms with Gasteiger partial charge < -0.3 is 10.7 Å². The van der Waals surface area contributed by atoms with Gasteiger partial charge in [0, 0.05) is 29.0 Å². The molecule has 4 aromatic rings. The third kappa shape index (κ3) is 3.72. The van der Waals surface area contributed by atoms with Gasteiger partial charge in [0.15, 0.2) is 0 Å². The first-order chi connectivity index (χ1) is 12.4. The summed E-state index contributed by atoms with van der Waals surface area (Å²) in [5.41, 5.74) is 11.3. The van der Waals surface area contributed by atoms with E-state index in [-0.39, 0.29) is 0 Å². The number of hydrogen-bond donors (Lipinski definition) is 2. The molecule has 0 amide bonds. The number of nitrogens with one attached hydrogen (secondary N) is 1. The summed E-state index contributed by atoms with van der Waals surface area (Å²) in [6.07, 6.45) is 1.85. The molecule has 25 heavy (non-hydrogen) atoms. The maximum Gasteiger partial charge on any atom is 0.138 e. The zero-order valence-corrected chi connectivity index (χ0v) is 15.5. The van der Waals surface area contributed by atoms with Crippen molar-refractivity contribution in [2.75, 3.05) is 0 Å². The van der Waals surface area contributed by atoms with Gasteiger partial charge in [0.1, 0.15) is 5.65 Å². The van der Waals surface area contributed by atoms with E-state index >= 15 is 0 Å². The maximum absolute atomic E-state index is 5.76. The molecule has 3 N–H and O–H groups in total. The van der Waals surface area contributed by atoms with Crippen molar-refractivity contribution in [2.45, 2.75) is 34.2 Å². The zero-order valence-electron chi connectivity index (χ0n) is 15.5. The van der Waals surface area contributed by atoms with Gasteiger partial charge in [-0.2, -0.15) is 0 Å². The highest BCUT2D eigenvalue weighted by molar-refractivity contribution is 6.12. The zero-order chi connectivity index (χ0) is 18.2. The molecule has 4 rings (SSSR count). The van der Waals surface area contributed by atoms with Gasteiger partial charge in [-0.25, -0.2) is 4.98 Å². The number of aromatic amines is 1. The number of rotatable bonds is 2.